The number of rotatable bonds is 0. The summed E-state index contributed by atoms with van der Waals surface area (Å²) in [7, 11) is 0. The van der Waals surface area contributed by atoms with Crippen molar-refractivity contribution in [2.75, 3.05) is 34.4 Å². The predicted molar refractivity (Wildman–Crippen MR) is 114 cm³/mol. The van der Waals surface area contributed by atoms with E-state index in [1.165, 1.54) is 0 Å². The van der Waals surface area contributed by atoms with Crippen LogP contribution in [0.3, 0.4) is 0 Å². The first-order chi connectivity index (χ1) is 12.8. The number of fused-ring (bicyclic) bond motifs is 3. The second-order valence-corrected chi connectivity index (χ2v) is 7.28. The van der Waals surface area contributed by atoms with Gasteiger partial charge < -0.3 is 34.4 Å². The fourth-order valence-electron chi connectivity index (χ4n) is 3.79. The Kier molecular flexibility index (Phi) is 3.77. The highest BCUT2D eigenvalue weighted by molar-refractivity contribution is 5.71. The van der Waals surface area contributed by atoms with Gasteiger partial charge in [-0.05, 0) is 89.0 Å². The van der Waals surface area contributed by atoms with Gasteiger partial charge in [0.1, 0.15) is 0 Å². The first-order valence-electron chi connectivity index (χ1n) is 8.82. The molecule has 0 atom stereocenters. The van der Waals surface area contributed by atoms with E-state index in [-0.39, 0.29) is 0 Å². The lowest BCUT2D eigenvalue weighted by atomic mass is 9.93. The summed E-state index contributed by atoms with van der Waals surface area (Å²) in [6, 6.07) is 11.7. The van der Waals surface area contributed by atoms with Crippen LogP contribution in [0.25, 0.3) is 0 Å². The molecule has 1 aliphatic rings. The lowest BCUT2D eigenvalue weighted by Gasteiger charge is -2.14. The van der Waals surface area contributed by atoms with E-state index in [9.17, 15) is 0 Å². The van der Waals surface area contributed by atoms with Crippen LogP contribution in [0.2, 0.25) is 0 Å². The van der Waals surface area contributed by atoms with Gasteiger partial charge in [0.25, 0.3) is 0 Å². The molecular formula is C21H24N6. The molecule has 0 unspecified atom stereocenters. The van der Waals surface area contributed by atoms with Gasteiger partial charge in [0.15, 0.2) is 0 Å². The molecule has 6 nitrogen and oxygen atoms in total. The Balaban J connectivity index is 2.00. The van der Waals surface area contributed by atoms with Gasteiger partial charge in [-0.1, -0.05) is 0 Å². The molecule has 138 valence electrons. The Bertz CT molecular complexity index is 853. The molecule has 6 heteroatoms. The molecule has 4 rings (SSSR count). The molecule has 0 aromatic heterocycles. The second kappa shape index (κ2) is 6.02. The number of benzene rings is 3. The molecule has 12 N–H and O–H groups in total. The van der Waals surface area contributed by atoms with Crippen LogP contribution < -0.4 is 34.4 Å². The molecule has 27 heavy (non-hydrogen) atoms. The third kappa shape index (κ3) is 2.95. The Morgan fingerprint density at radius 2 is 0.481 bits per heavy atom. The van der Waals surface area contributed by atoms with Crippen molar-refractivity contribution in [1.29, 1.82) is 0 Å². The van der Waals surface area contributed by atoms with Crippen molar-refractivity contribution in [3.8, 4) is 0 Å². The Morgan fingerprint density at radius 1 is 0.333 bits per heavy atom. The summed E-state index contributed by atoms with van der Waals surface area (Å²) in [5.74, 6) is 0. The first kappa shape index (κ1) is 16.9. The molecule has 0 bridgehead atoms. The van der Waals surface area contributed by atoms with Crippen molar-refractivity contribution in [3.63, 3.8) is 0 Å². The van der Waals surface area contributed by atoms with Crippen LogP contribution >= 0.6 is 0 Å². The van der Waals surface area contributed by atoms with Gasteiger partial charge in [-0.2, -0.15) is 0 Å². The molecule has 0 fully saturated rings. The molecule has 0 heterocycles. The molecule has 0 aliphatic heterocycles. The Morgan fingerprint density at radius 3 is 0.630 bits per heavy atom. The molecule has 0 spiro atoms. The maximum atomic E-state index is 6.08. The van der Waals surface area contributed by atoms with E-state index >= 15 is 0 Å². The van der Waals surface area contributed by atoms with Gasteiger partial charge in [0.2, 0.25) is 0 Å². The number of nitrogen functional groups attached to an aromatic ring is 6. The fraction of sp³-hybridized carbons (Fsp3) is 0.143. The largest absolute Gasteiger partial charge is 0.397 e. The Hall–Kier alpha value is -3.54. The summed E-state index contributed by atoms with van der Waals surface area (Å²) in [5, 5.41) is 0. The van der Waals surface area contributed by atoms with Crippen LogP contribution in [0.1, 0.15) is 33.4 Å². The number of nitrogens with two attached hydrogens (primary N) is 6. The summed E-state index contributed by atoms with van der Waals surface area (Å²) in [6.07, 6.45) is 2.12. The van der Waals surface area contributed by atoms with E-state index in [0.717, 1.165) is 33.4 Å². The van der Waals surface area contributed by atoms with E-state index in [1.807, 2.05) is 36.4 Å². The third-order valence-corrected chi connectivity index (χ3v) is 5.36. The zero-order valence-electron chi connectivity index (χ0n) is 15.0. The maximum absolute atomic E-state index is 6.08. The topological polar surface area (TPSA) is 156 Å². The van der Waals surface area contributed by atoms with Crippen LogP contribution in [0.4, 0.5) is 34.1 Å². The van der Waals surface area contributed by atoms with Crippen molar-refractivity contribution in [2.24, 2.45) is 0 Å². The number of hydrogen-bond acceptors (Lipinski definition) is 6. The average Bonchev–Trinajstić information content (AvgIpc) is 2.65. The summed E-state index contributed by atoms with van der Waals surface area (Å²) < 4.78 is 0. The average molecular weight is 360 g/mol. The minimum atomic E-state index is 0.579. The van der Waals surface area contributed by atoms with Crippen LogP contribution in [0.15, 0.2) is 36.4 Å². The van der Waals surface area contributed by atoms with E-state index in [1.54, 1.807) is 0 Å². The lowest BCUT2D eigenvalue weighted by molar-refractivity contribution is 1.10. The number of hydrogen-bond donors (Lipinski definition) is 6. The maximum Gasteiger partial charge on any atom is 0.0550 e. The minimum Gasteiger partial charge on any atom is -0.397 e. The highest BCUT2D eigenvalue weighted by Crippen LogP contribution is 2.34. The van der Waals surface area contributed by atoms with Crippen LogP contribution in [-0.4, -0.2) is 0 Å². The molecule has 1 aliphatic carbocycles. The number of anilines is 6. The van der Waals surface area contributed by atoms with Gasteiger partial charge in [0.05, 0.1) is 34.1 Å². The second-order valence-electron chi connectivity index (χ2n) is 7.28. The third-order valence-electron chi connectivity index (χ3n) is 5.36. The fourth-order valence-corrected chi connectivity index (χ4v) is 3.79. The highest BCUT2D eigenvalue weighted by atomic mass is 14.7. The molecular weight excluding hydrogens is 336 g/mol. The van der Waals surface area contributed by atoms with Gasteiger partial charge in [0, 0.05) is 0 Å². The summed E-state index contributed by atoms with van der Waals surface area (Å²) >= 11 is 0. The highest BCUT2D eigenvalue weighted by Gasteiger charge is 2.18. The Labute approximate surface area is 158 Å². The van der Waals surface area contributed by atoms with Crippen molar-refractivity contribution < 1.29 is 0 Å². The van der Waals surface area contributed by atoms with Gasteiger partial charge >= 0.3 is 0 Å². The standard InChI is InChI=1S/C21H24N6/c22-16-4-10-1-11-5-17(23)19(25)7-13(11)3-15-9-21(27)20(26)8-14(15)2-12(10)6-18(16)24/h4-9H,1-3,22-27H2. The van der Waals surface area contributed by atoms with E-state index in [4.69, 9.17) is 34.4 Å². The van der Waals surface area contributed by atoms with E-state index < -0.39 is 0 Å². The zero-order valence-corrected chi connectivity index (χ0v) is 15.0. The van der Waals surface area contributed by atoms with Gasteiger partial charge in [-0.3, -0.25) is 0 Å². The van der Waals surface area contributed by atoms with Gasteiger partial charge in [-0.15, -0.1) is 0 Å². The minimum absolute atomic E-state index is 0.579. The molecule has 0 saturated heterocycles. The van der Waals surface area contributed by atoms with Crippen LogP contribution in [-0.2, 0) is 19.3 Å². The molecule has 0 amide bonds. The smallest absolute Gasteiger partial charge is 0.0550 e. The zero-order chi connectivity index (χ0) is 19.3. The molecule has 0 radical (unpaired) electrons. The summed E-state index contributed by atoms with van der Waals surface area (Å²) in [5.41, 5.74) is 46.7. The SMILES string of the molecule is Nc1cc2c(cc1N)Cc1cc(N)c(N)cc1Cc1cc(N)c(N)cc1C2. The quantitative estimate of drug-likeness (QED) is 0.264. The molecule has 0 saturated carbocycles. The van der Waals surface area contributed by atoms with Gasteiger partial charge in [-0.25, -0.2) is 0 Å². The monoisotopic (exact) mass is 360 g/mol. The normalized spacial score (nSPS) is 12.9. The lowest BCUT2D eigenvalue weighted by Crippen LogP contribution is -2.04. The summed E-state index contributed by atoms with van der Waals surface area (Å²) in [4.78, 5) is 0. The molecule has 3 aromatic carbocycles. The van der Waals surface area contributed by atoms with Crippen molar-refractivity contribution in [1.82, 2.24) is 0 Å². The predicted octanol–water partition coefficient (Wildman–Crippen LogP) is 2.27. The van der Waals surface area contributed by atoms with Crippen molar-refractivity contribution >= 4 is 34.1 Å². The van der Waals surface area contributed by atoms with E-state index in [0.29, 0.717) is 53.4 Å². The molecule has 3 aromatic rings. The first-order valence-corrected chi connectivity index (χ1v) is 8.82. The van der Waals surface area contributed by atoms with Crippen molar-refractivity contribution in [3.05, 3.63) is 69.8 Å². The van der Waals surface area contributed by atoms with Crippen molar-refractivity contribution in [2.45, 2.75) is 19.3 Å². The van der Waals surface area contributed by atoms with E-state index in [2.05, 4.69) is 0 Å². The van der Waals surface area contributed by atoms with Crippen LogP contribution in [0.5, 0.6) is 0 Å². The van der Waals surface area contributed by atoms with Crippen LogP contribution in [0, 0.1) is 0 Å². The summed E-state index contributed by atoms with van der Waals surface area (Å²) in [6.45, 7) is 0.